The third kappa shape index (κ3) is 5.38. The molecule has 2 aromatic carbocycles. The number of fused-ring (bicyclic) bond motifs is 1. The second-order valence-electron chi connectivity index (χ2n) is 7.96. The first kappa shape index (κ1) is 21.7. The van der Waals surface area contributed by atoms with Crippen molar-refractivity contribution in [2.75, 3.05) is 37.6 Å². The Balaban J connectivity index is 1.48. The van der Waals surface area contributed by atoms with Crippen LogP contribution in [0.4, 0.5) is 5.69 Å². The molecule has 0 radical (unpaired) electrons. The molecule has 0 atom stereocenters. The summed E-state index contributed by atoms with van der Waals surface area (Å²) in [6.45, 7) is 5.85. The summed E-state index contributed by atoms with van der Waals surface area (Å²) >= 11 is 1.47. The van der Waals surface area contributed by atoms with Crippen molar-refractivity contribution >= 4 is 35.3 Å². The van der Waals surface area contributed by atoms with Gasteiger partial charge in [0, 0.05) is 18.0 Å². The number of aryl methyl sites for hydroxylation is 1. The van der Waals surface area contributed by atoms with Gasteiger partial charge in [0.2, 0.25) is 5.91 Å². The smallest absolute Gasteiger partial charge is 0.265 e. The number of hydrogen-bond acceptors (Lipinski definition) is 4. The summed E-state index contributed by atoms with van der Waals surface area (Å²) in [5.41, 5.74) is 3.05. The molecule has 2 aliphatic heterocycles. The Labute approximate surface area is 188 Å². The lowest BCUT2D eigenvalue weighted by Crippen LogP contribution is -2.44. The monoisotopic (exact) mass is 435 g/mol. The van der Waals surface area contributed by atoms with Gasteiger partial charge in [-0.05, 0) is 61.7 Å². The summed E-state index contributed by atoms with van der Waals surface area (Å²) < 4.78 is 0. The van der Waals surface area contributed by atoms with Gasteiger partial charge in [-0.2, -0.15) is 0 Å². The highest BCUT2D eigenvalue weighted by Gasteiger charge is 2.30. The second-order valence-corrected chi connectivity index (χ2v) is 9.05. The van der Waals surface area contributed by atoms with Crippen molar-refractivity contribution in [3.8, 4) is 0 Å². The molecule has 162 valence electrons. The standard InChI is InChI=1S/C25H29N3O2S/c1-2-19-9-11-20(12-10-19)17-23-25(30)28(21-7-3-4-8-22(21)31-23)18-24(29)26-13-16-27-14-5-6-15-27/h3-4,7-12,17H,2,5-6,13-16,18H2,1H3,(H,26,29). The van der Waals surface area contributed by atoms with E-state index in [0.717, 1.165) is 42.2 Å². The van der Waals surface area contributed by atoms with Crippen LogP contribution >= 0.6 is 11.8 Å². The lowest BCUT2D eigenvalue weighted by Gasteiger charge is -2.30. The minimum absolute atomic E-state index is 0.0303. The summed E-state index contributed by atoms with van der Waals surface area (Å²) in [6, 6.07) is 16.0. The van der Waals surface area contributed by atoms with Crippen LogP contribution in [0, 0.1) is 0 Å². The molecule has 2 amide bonds. The number of nitrogens with zero attached hydrogens (tertiary/aromatic N) is 2. The fraction of sp³-hybridized carbons (Fsp3) is 0.360. The SMILES string of the molecule is CCc1ccc(C=C2Sc3ccccc3N(CC(=O)NCCN3CCCC3)C2=O)cc1. The predicted octanol–water partition coefficient (Wildman–Crippen LogP) is 3.94. The van der Waals surface area contributed by atoms with Crippen molar-refractivity contribution in [3.05, 3.63) is 64.6 Å². The number of hydrogen-bond donors (Lipinski definition) is 1. The zero-order valence-electron chi connectivity index (χ0n) is 18.0. The van der Waals surface area contributed by atoms with E-state index in [1.807, 2.05) is 42.5 Å². The van der Waals surface area contributed by atoms with E-state index in [1.165, 1.54) is 30.2 Å². The van der Waals surface area contributed by atoms with Gasteiger partial charge in [0.1, 0.15) is 6.54 Å². The minimum atomic E-state index is -0.127. The van der Waals surface area contributed by atoms with Gasteiger partial charge in [-0.15, -0.1) is 0 Å². The fourth-order valence-corrected chi connectivity index (χ4v) is 5.04. The Morgan fingerprint density at radius 3 is 2.58 bits per heavy atom. The molecule has 0 aromatic heterocycles. The number of rotatable bonds is 7. The third-order valence-corrected chi connectivity index (χ3v) is 6.85. The van der Waals surface area contributed by atoms with Crippen molar-refractivity contribution in [2.45, 2.75) is 31.1 Å². The Bertz CT molecular complexity index is 965. The van der Waals surface area contributed by atoms with Gasteiger partial charge >= 0.3 is 0 Å². The van der Waals surface area contributed by atoms with Gasteiger partial charge < -0.3 is 10.2 Å². The van der Waals surface area contributed by atoms with Crippen molar-refractivity contribution in [1.82, 2.24) is 10.2 Å². The normalized spacial score (nSPS) is 17.8. The maximum Gasteiger partial charge on any atom is 0.265 e. The fourth-order valence-electron chi connectivity index (χ4n) is 3.98. The molecule has 6 heteroatoms. The van der Waals surface area contributed by atoms with Gasteiger partial charge in [0.15, 0.2) is 0 Å². The van der Waals surface area contributed by atoms with E-state index in [1.54, 1.807) is 4.90 Å². The molecule has 1 N–H and O–H groups in total. The first-order valence-corrected chi connectivity index (χ1v) is 11.8. The maximum absolute atomic E-state index is 13.3. The van der Waals surface area contributed by atoms with Crippen LogP contribution in [0.15, 0.2) is 58.3 Å². The van der Waals surface area contributed by atoms with Crippen molar-refractivity contribution in [2.24, 2.45) is 0 Å². The zero-order chi connectivity index (χ0) is 21.6. The Morgan fingerprint density at radius 1 is 1.10 bits per heavy atom. The molecule has 31 heavy (non-hydrogen) atoms. The van der Waals surface area contributed by atoms with E-state index in [4.69, 9.17) is 0 Å². The highest BCUT2D eigenvalue weighted by molar-refractivity contribution is 8.04. The molecule has 5 nitrogen and oxygen atoms in total. The Morgan fingerprint density at radius 2 is 1.84 bits per heavy atom. The van der Waals surface area contributed by atoms with Crippen LogP contribution in [0.3, 0.4) is 0 Å². The number of carbonyl (C=O) groups is 2. The van der Waals surface area contributed by atoms with E-state index in [2.05, 4.69) is 29.3 Å². The molecule has 1 saturated heterocycles. The number of benzene rings is 2. The lowest BCUT2D eigenvalue weighted by atomic mass is 10.1. The van der Waals surface area contributed by atoms with Crippen LogP contribution in [0.25, 0.3) is 6.08 Å². The molecule has 0 spiro atoms. The van der Waals surface area contributed by atoms with E-state index in [9.17, 15) is 9.59 Å². The number of amides is 2. The molecule has 1 fully saturated rings. The number of carbonyl (C=O) groups excluding carboxylic acids is 2. The molecule has 0 unspecified atom stereocenters. The average molecular weight is 436 g/mol. The zero-order valence-corrected chi connectivity index (χ0v) is 18.8. The summed E-state index contributed by atoms with van der Waals surface area (Å²) in [7, 11) is 0. The quantitative estimate of drug-likeness (QED) is 0.670. The number of likely N-dealkylation sites (tertiary alicyclic amines) is 1. The topological polar surface area (TPSA) is 52.7 Å². The van der Waals surface area contributed by atoms with Gasteiger partial charge in [-0.25, -0.2) is 0 Å². The molecule has 2 aliphatic rings. The van der Waals surface area contributed by atoms with Crippen molar-refractivity contribution < 1.29 is 9.59 Å². The predicted molar refractivity (Wildman–Crippen MR) is 127 cm³/mol. The van der Waals surface area contributed by atoms with E-state index in [0.29, 0.717) is 11.4 Å². The van der Waals surface area contributed by atoms with Gasteiger partial charge in [-0.1, -0.05) is 55.1 Å². The summed E-state index contributed by atoms with van der Waals surface area (Å²) in [5.74, 6) is -0.251. The number of thioether (sulfide) groups is 1. The highest BCUT2D eigenvalue weighted by atomic mass is 32.2. The molecule has 0 bridgehead atoms. The molecule has 0 aliphatic carbocycles. The third-order valence-electron chi connectivity index (χ3n) is 5.77. The Kier molecular flexibility index (Phi) is 7.10. The molecular formula is C25H29N3O2S. The maximum atomic E-state index is 13.3. The number of nitrogens with one attached hydrogen (secondary N) is 1. The minimum Gasteiger partial charge on any atom is -0.353 e. The van der Waals surface area contributed by atoms with Crippen LogP contribution in [0.2, 0.25) is 0 Å². The van der Waals surface area contributed by atoms with Gasteiger partial charge in [0.25, 0.3) is 5.91 Å². The highest BCUT2D eigenvalue weighted by Crippen LogP contribution is 2.41. The van der Waals surface area contributed by atoms with Gasteiger partial charge in [0.05, 0.1) is 10.6 Å². The summed E-state index contributed by atoms with van der Waals surface area (Å²) in [5, 5.41) is 2.98. The average Bonchev–Trinajstić information content (AvgIpc) is 3.30. The molecule has 2 heterocycles. The van der Waals surface area contributed by atoms with E-state index >= 15 is 0 Å². The summed E-state index contributed by atoms with van der Waals surface area (Å²) in [4.78, 5) is 31.5. The lowest BCUT2D eigenvalue weighted by molar-refractivity contribution is -0.122. The molecular weight excluding hydrogens is 406 g/mol. The first-order valence-electron chi connectivity index (χ1n) is 11.0. The Hall–Kier alpha value is -2.57. The van der Waals surface area contributed by atoms with Crippen LogP contribution in [0.5, 0.6) is 0 Å². The summed E-state index contributed by atoms with van der Waals surface area (Å²) in [6.07, 6.45) is 5.38. The molecule has 0 saturated carbocycles. The van der Waals surface area contributed by atoms with Crippen molar-refractivity contribution in [3.63, 3.8) is 0 Å². The van der Waals surface area contributed by atoms with Crippen LogP contribution < -0.4 is 10.2 Å². The largest absolute Gasteiger partial charge is 0.353 e. The van der Waals surface area contributed by atoms with Gasteiger partial charge in [-0.3, -0.25) is 14.5 Å². The number of para-hydroxylation sites is 1. The van der Waals surface area contributed by atoms with E-state index in [-0.39, 0.29) is 18.4 Å². The number of anilines is 1. The van der Waals surface area contributed by atoms with Crippen molar-refractivity contribution in [1.29, 1.82) is 0 Å². The van der Waals surface area contributed by atoms with Crippen LogP contribution in [-0.2, 0) is 16.0 Å². The molecule has 4 rings (SSSR count). The second kappa shape index (κ2) is 10.2. The molecule has 2 aromatic rings. The van der Waals surface area contributed by atoms with Crippen LogP contribution in [0.1, 0.15) is 30.9 Å². The van der Waals surface area contributed by atoms with E-state index < -0.39 is 0 Å². The first-order chi connectivity index (χ1) is 15.1. The van der Waals surface area contributed by atoms with Crippen LogP contribution in [-0.4, -0.2) is 49.4 Å².